The number of benzene rings is 8. The van der Waals surface area contributed by atoms with Gasteiger partial charge >= 0.3 is 0 Å². The van der Waals surface area contributed by atoms with Crippen LogP contribution in [-0.2, 0) is 11.2 Å². The van der Waals surface area contributed by atoms with Crippen molar-refractivity contribution in [1.82, 2.24) is 0 Å². The van der Waals surface area contributed by atoms with Gasteiger partial charge in [0, 0.05) is 22.3 Å². The van der Waals surface area contributed by atoms with Crippen molar-refractivity contribution < 1.29 is 19.7 Å². The third kappa shape index (κ3) is 5.24. The van der Waals surface area contributed by atoms with Crippen molar-refractivity contribution in [3.63, 3.8) is 0 Å². The van der Waals surface area contributed by atoms with E-state index in [0.717, 1.165) is 32.7 Å². The van der Waals surface area contributed by atoms with Crippen LogP contribution in [0.2, 0.25) is 0 Å². The summed E-state index contributed by atoms with van der Waals surface area (Å²) in [6, 6.07) is 59.1. The zero-order chi connectivity index (χ0) is 35.7. The lowest BCUT2D eigenvalue weighted by atomic mass is 9.75. The topological polar surface area (TPSA) is 58.9 Å². The fraction of sp³-hybridized carbons (Fsp3) is 0.0833. The van der Waals surface area contributed by atoms with E-state index in [1.165, 1.54) is 0 Å². The van der Waals surface area contributed by atoms with Crippen LogP contribution in [-0.4, -0.2) is 24.4 Å². The molecule has 0 atom stereocenters. The summed E-state index contributed by atoms with van der Waals surface area (Å²) in [6.45, 7) is 0. The first-order valence-corrected chi connectivity index (χ1v) is 17.4. The highest BCUT2D eigenvalue weighted by molar-refractivity contribution is 6.11. The van der Waals surface area contributed by atoms with Crippen molar-refractivity contribution in [2.45, 2.75) is 11.2 Å². The molecule has 8 rings (SSSR count). The highest BCUT2D eigenvalue weighted by Gasteiger charge is 2.41. The second kappa shape index (κ2) is 13.5. The molecular weight excluding hydrogens is 641 g/mol. The summed E-state index contributed by atoms with van der Waals surface area (Å²) in [7, 11) is 3.30. The van der Waals surface area contributed by atoms with Gasteiger partial charge in [0.05, 0.1) is 14.2 Å². The minimum atomic E-state index is -1.60. The fourth-order valence-electron chi connectivity index (χ4n) is 7.79. The lowest BCUT2D eigenvalue weighted by molar-refractivity contribution is 0.121. The molecule has 0 bridgehead atoms. The zero-order valence-corrected chi connectivity index (χ0v) is 29.0. The van der Waals surface area contributed by atoms with E-state index < -0.39 is 11.2 Å². The van der Waals surface area contributed by atoms with Crippen LogP contribution < -0.4 is 9.47 Å². The molecule has 4 nitrogen and oxygen atoms in total. The van der Waals surface area contributed by atoms with Gasteiger partial charge < -0.3 is 19.7 Å². The molecule has 0 aliphatic heterocycles. The Morgan fingerprint density at radius 3 is 0.923 bits per heavy atom. The number of fused-ring (bicyclic) bond motifs is 2. The summed E-state index contributed by atoms with van der Waals surface area (Å²) in [5.74, 6) is 0.995. The van der Waals surface area contributed by atoms with Crippen LogP contribution in [0.15, 0.2) is 182 Å². The monoisotopic (exact) mass is 678 g/mol. The summed E-state index contributed by atoms with van der Waals surface area (Å²) in [5, 5.41) is 30.1. The van der Waals surface area contributed by atoms with Gasteiger partial charge in [0.1, 0.15) is 22.7 Å². The van der Waals surface area contributed by atoms with E-state index in [0.29, 0.717) is 44.9 Å². The maximum atomic E-state index is 13.2. The van der Waals surface area contributed by atoms with E-state index in [9.17, 15) is 10.2 Å². The second-order valence-corrected chi connectivity index (χ2v) is 13.0. The second-order valence-electron chi connectivity index (χ2n) is 13.0. The molecule has 0 radical (unpaired) electrons. The summed E-state index contributed by atoms with van der Waals surface area (Å²) in [5.41, 5.74) is 2.28. The first-order chi connectivity index (χ1) is 25.5. The average molecular weight is 679 g/mol. The predicted molar refractivity (Wildman–Crippen MR) is 210 cm³/mol. The van der Waals surface area contributed by atoms with Gasteiger partial charge in [-0.15, -0.1) is 0 Å². The van der Waals surface area contributed by atoms with Gasteiger partial charge in [0.25, 0.3) is 0 Å². The quantitative estimate of drug-likeness (QED) is 0.149. The van der Waals surface area contributed by atoms with Crippen molar-refractivity contribution in [3.05, 3.63) is 215 Å². The van der Waals surface area contributed by atoms with Gasteiger partial charge in [-0.2, -0.15) is 0 Å². The van der Waals surface area contributed by atoms with Crippen molar-refractivity contribution >= 4 is 21.5 Å². The molecule has 0 saturated carbocycles. The lowest BCUT2D eigenvalue weighted by Gasteiger charge is -2.34. The van der Waals surface area contributed by atoms with E-state index in [2.05, 4.69) is 24.3 Å². The molecule has 0 spiro atoms. The van der Waals surface area contributed by atoms with Crippen LogP contribution in [0.3, 0.4) is 0 Å². The largest absolute Gasteiger partial charge is 0.496 e. The summed E-state index contributed by atoms with van der Waals surface area (Å²) in [6.07, 6.45) is 0. The van der Waals surface area contributed by atoms with Gasteiger partial charge in [-0.05, 0) is 55.9 Å². The van der Waals surface area contributed by atoms with E-state index in [1.807, 2.05) is 158 Å². The van der Waals surface area contributed by atoms with Gasteiger partial charge in [0.15, 0.2) is 0 Å². The normalized spacial score (nSPS) is 11.8. The Morgan fingerprint density at radius 2 is 0.635 bits per heavy atom. The van der Waals surface area contributed by atoms with Crippen molar-refractivity contribution in [2.75, 3.05) is 14.2 Å². The standard InChI is InChI=1S/C48H38O4/c1-51-45-41(47(49,35-21-7-3-8-22-35)36-23-9-4-10-24-36)31-33-19-15-17-29-39(33)43(45)44-40-30-18-16-20-34(40)32-42(46(44)52-2)48(50,37-25-11-5-12-26-37)38-27-13-6-14-28-38/h3-32,49-50H,1-2H3. The van der Waals surface area contributed by atoms with E-state index in [-0.39, 0.29) is 0 Å². The molecular formula is C48H38O4. The van der Waals surface area contributed by atoms with Gasteiger partial charge in [0.2, 0.25) is 0 Å². The minimum absolute atomic E-state index is 0.498. The van der Waals surface area contributed by atoms with Crippen LogP contribution in [0, 0.1) is 0 Å². The van der Waals surface area contributed by atoms with Crippen LogP contribution in [0.1, 0.15) is 33.4 Å². The first-order valence-electron chi connectivity index (χ1n) is 17.4. The minimum Gasteiger partial charge on any atom is -0.496 e. The predicted octanol–water partition coefficient (Wildman–Crippen LogP) is 10.2. The SMILES string of the molecule is COc1c(C(O)(c2ccccc2)c2ccccc2)cc2ccccc2c1-c1c(OC)c(C(O)(c2ccccc2)c2ccccc2)cc2ccccc12. The number of methoxy groups -OCH3 is 2. The summed E-state index contributed by atoms with van der Waals surface area (Å²) >= 11 is 0. The smallest absolute Gasteiger partial charge is 0.144 e. The third-order valence-corrected chi connectivity index (χ3v) is 10.2. The van der Waals surface area contributed by atoms with Crippen LogP contribution in [0.5, 0.6) is 11.5 Å². The molecule has 0 unspecified atom stereocenters. The van der Waals surface area contributed by atoms with Gasteiger partial charge in [-0.25, -0.2) is 0 Å². The van der Waals surface area contributed by atoms with Crippen molar-refractivity contribution in [3.8, 4) is 22.6 Å². The summed E-state index contributed by atoms with van der Waals surface area (Å²) in [4.78, 5) is 0. The molecule has 254 valence electrons. The molecule has 8 aromatic carbocycles. The number of rotatable bonds is 9. The number of hydrogen-bond donors (Lipinski definition) is 2. The average Bonchev–Trinajstić information content (AvgIpc) is 3.23. The van der Waals surface area contributed by atoms with E-state index in [4.69, 9.17) is 9.47 Å². The zero-order valence-electron chi connectivity index (χ0n) is 29.0. The number of hydrogen-bond acceptors (Lipinski definition) is 4. The maximum absolute atomic E-state index is 13.2. The molecule has 8 aromatic rings. The van der Waals surface area contributed by atoms with Crippen molar-refractivity contribution in [2.24, 2.45) is 0 Å². The Kier molecular flexibility index (Phi) is 8.56. The van der Waals surface area contributed by atoms with Gasteiger partial charge in [-0.1, -0.05) is 170 Å². The Hall–Kier alpha value is -6.20. The molecule has 0 saturated heterocycles. The van der Waals surface area contributed by atoms with Gasteiger partial charge in [-0.3, -0.25) is 0 Å². The molecule has 2 N–H and O–H groups in total. The van der Waals surface area contributed by atoms with E-state index in [1.54, 1.807) is 14.2 Å². The number of ether oxygens (including phenoxy) is 2. The molecule has 4 heteroatoms. The lowest BCUT2D eigenvalue weighted by Crippen LogP contribution is -2.30. The Bertz CT molecular complexity index is 2240. The molecule has 0 aromatic heterocycles. The Labute approximate surface area is 303 Å². The van der Waals surface area contributed by atoms with E-state index >= 15 is 0 Å². The molecule has 0 fully saturated rings. The van der Waals surface area contributed by atoms with Crippen LogP contribution in [0.25, 0.3) is 32.7 Å². The molecule has 0 aliphatic carbocycles. The van der Waals surface area contributed by atoms with Crippen LogP contribution >= 0.6 is 0 Å². The maximum Gasteiger partial charge on any atom is 0.144 e. The van der Waals surface area contributed by atoms with Crippen molar-refractivity contribution in [1.29, 1.82) is 0 Å². The molecule has 0 amide bonds. The Balaban J connectivity index is 1.56. The highest BCUT2D eigenvalue weighted by atomic mass is 16.5. The first kappa shape index (κ1) is 33.0. The highest BCUT2D eigenvalue weighted by Crippen LogP contribution is 2.54. The summed E-state index contributed by atoms with van der Waals surface area (Å²) < 4.78 is 13.0. The fourth-order valence-corrected chi connectivity index (χ4v) is 7.79. The van der Waals surface area contributed by atoms with Crippen LogP contribution in [0.4, 0.5) is 0 Å². The number of aliphatic hydroxyl groups is 2. The Morgan fingerprint density at radius 1 is 0.365 bits per heavy atom. The molecule has 52 heavy (non-hydrogen) atoms. The molecule has 0 aliphatic rings. The molecule has 0 heterocycles. The third-order valence-electron chi connectivity index (χ3n) is 10.2.